The first kappa shape index (κ1) is 11.2. The Morgan fingerprint density at radius 1 is 0.812 bits per heavy atom. The lowest BCUT2D eigenvalue weighted by atomic mass is 9.97. The zero-order valence-electron chi connectivity index (χ0n) is 8.27. The van der Waals surface area contributed by atoms with Crippen molar-refractivity contribution in [1.29, 1.82) is 0 Å². The van der Waals surface area contributed by atoms with Gasteiger partial charge in [0.15, 0.2) is 0 Å². The van der Waals surface area contributed by atoms with Gasteiger partial charge in [-0.15, -0.1) is 0 Å². The van der Waals surface area contributed by atoms with Crippen LogP contribution in [0.5, 0.6) is 0 Å². The Balaban J connectivity index is 2.37. The van der Waals surface area contributed by atoms with Gasteiger partial charge in [0.05, 0.1) is 32.2 Å². The summed E-state index contributed by atoms with van der Waals surface area (Å²) in [5, 5.41) is 1.74. The van der Waals surface area contributed by atoms with Crippen LogP contribution in [0.25, 0.3) is 0 Å². The Labute approximate surface area is 114 Å². The van der Waals surface area contributed by atoms with E-state index in [0.29, 0.717) is 20.1 Å². The van der Waals surface area contributed by atoms with Gasteiger partial charge in [0.2, 0.25) is 0 Å². The second kappa shape index (κ2) is 3.54. The lowest BCUT2D eigenvalue weighted by molar-refractivity contribution is 0.299. The van der Waals surface area contributed by atoms with Crippen LogP contribution in [0.2, 0.25) is 20.1 Å². The van der Waals surface area contributed by atoms with Gasteiger partial charge in [0.25, 0.3) is 0 Å². The van der Waals surface area contributed by atoms with Crippen LogP contribution < -0.4 is 0 Å². The number of fused-ring (bicyclic) bond motifs is 5. The minimum absolute atomic E-state index is 0.166. The summed E-state index contributed by atoms with van der Waals surface area (Å²) in [6.07, 6.45) is 4.22. The van der Waals surface area contributed by atoms with Gasteiger partial charge in [-0.3, -0.25) is 4.90 Å². The lowest BCUT2D eigenvalue weighted by Gasteiger charge is -2.15. The molecule has 0 aliphatic carbocycles. The zero-order chi connectivity index (χ0) is 11.6. The summed E-state index contributed by atoms with van der Waals surface area (Å²) in [6, 6.07) is 0.333. The van der Waals surface area contributed by atoms with Crippen LogP contribution >= 0.6 is 46.4 Å². The fraction of sp³-hybridized carbons (Fsp3) is 0.273. The van der Waals surface area contributed by atoms with E-state index >= 15 is 0 Å². The summed E-state index contributed by atoms with van der Waals surface area (Å²) in [7, 11) is 2.03. The molecule has 3 rings (SSSR count). The fourth-order valence-electron chi connectivity index (χ4n) is 2.50. The Hall–Kier alpha value is 0.0800. The van der Waals surface area contributed by atoms with Gasteiger partial charge in [0.1, 0.15) is 0 Å². The molecule has 0 fully saturated rings. The van der Waals surface area contributed by atoms with Crippen molar-refractivity contribution in [2.24, 2.45) is 0 Å². The van der Waals surface area contributed by atoms with Gasteiger partial charge >= 0.3 is 0 Å². The van der Waals surface area contributed by atoms with Crippen molar-refractivity contribution in [2.75, 3.05) is 7.05 Å². The molecule has 84 valence electrons. The van der Waals surface area contributed by atoms with E-state index in [1.165, 1.54) is 0 Å². The predicted molar refractivity (Wildman–Crippen MR) is 68.9 cm³/mol. The lowest BCUT2D eigenvalue weighted by Crippen LogP contribution is -2.13. The molecule has 1 aromatic rings. The maximum absolute atomic E-state index is 6.24. The van der Waals surface area contributed by atoms with Crippen LogP contribution in [-0.4, -0.2) is 11.9 Å². The van der Waals surface area contributed by atoms with Gasteiger partial charge in [-0.1, -0.05) is 58.6 Å². The standard InChI is InChI=1S/C11H7Cl4N/c1-16-4-2-3-5(16)7-6(4)8(12)10(14)11(15)9(7)13/h2-5H,1H3. The molecule has 2 atom stereocenters. The highest BCUT2D eigenvalue weighted by molar-refractivity contribution is 6.52. The van der Waals surface area contributed by atoms with E-state index in [1.54, 1.807) is 0 Å². The van der Waals surface area contributed by atoms with E-state index < -0.39 is 0 Å². The van der Waals surface area contributed by atoms with E-state index in [9.17, 15) is 0 Å². The number of rotatable bonds is 0. The number of halogens is 4. The van der Waals surface area contributed by atoms with Crippen molar-refractivity contribution < 1.29 is 0 Å². The van der Waals surface area contributed by atoms with Crippen molar-refractivity contribution >= 4 is 46.4 Å². The summed E-state index contributed by atoms with van der Waals surface area (Å²) < 4.78 is 0. The molecule has 0 radical (unpaired) electrons. The van der Waals surface area contributed by atoms with Crippen molar-refractivity contribution in [1.82, 2.24) is 4.90 Å². The average molecular weight is 295 g/mol. The smallest absolute Gasteiger partial charge is 0.0797 e. The Bertz CT molecular complexity index is 478. The SMILES string of the molecule is CN1C2C=CC1c1c(Cl)c(Cl)c(Cl)c(Cl)c12. The van der Waals surface area contributed by atoms with Crippen LogP contribution in [0.4, 0.5) is 0 Å². The molecule has 0 amide bonds. The molecule has 5 heteroatoms. The third kappa shape index (κ3) is 1.19. The summed E-state index contributed by atoms with van der Waals surface area (Å²) in [6.45, 7) is 0. The zero-order valence-corrected chi connectivity index (χ0v) is 11.3. The van der Waals surface area contributed by atoms with Gasteiger partial charge < -0.3 is 0 Å². The first-order valence-corrected chi connectivity index (χ1v) is 6.31. The number of nitrogens with zero attached hydrogens (tertiary/aromatic N) is 1. The first-order valence-electron chi connectivity index (χ1n) is 4.80. The normalized spacial score (nSPS) is 26.6. The largest absolute Gasteiger partial charge is 0.285 e. The van der Waals surface area contributed by atoms with E-state index in [-0.39, 0.29) is 12.1 Å². The fourth-order valence-corrected chi connectivity index (χ4v) is 3.60. The molecule has 2 bridgehead atoms. The van der Waals surface area contributed by atoms with Gasteiger partial charge in [-0.25, -0.2) is 0 Å². The number of likely N-dealkylation sites (N-methyl/N-ethyl adjacent to an activating group) is 1. The van der Waals surface area contributed by atoms with Crippen LogP contribution in [0, 0.1) is 0 Å². The number of benzene rings is 1. The van der Waals surface area contributed by atoms with Crippen LogP contribution in [0.15, 0.2) is 12.2 Å². The van der Waals surface area contributed by atoms with Gasteiger partial charge in [-0.05, 0) is 18.2 Å². The van der Waals surface area contributed by atoms with E-state index in [2.05, 4.69) is 17.1 Å². The molecular weight excluding hydrogens is 288 g/mol. The van der Waals surface area contributed by atoms with E-state index in [4.69, 9.17) is 46.4 Å². The molecule has 0 saturated heterocycles. The summed E-state index contributed by atoms with van der Waals surface area (Å²) >= 11 is 24.6. The molecule has 1 nitrogen and oxygen atoms in total. The second-order valence-corrected chi connectivity index (χ2v) is 5.54. The van der Waals surface area contributed by atoms with Crippen molar-refractivity contribution in [2.45, 2.75) is 12.1 Å². The van der Waals surface area contributed by atoms with Crippen molar-refractivity contribution in [3.05, 3.63) is 43.4 Å². The number of hydrogen-bond acceptors (Lipinski definition) is 1. The van der Waals surface area contributed by atoms with E-state index in [1.807, 2.05) is 7.05 Å². The Morgan fingerprint density at radius 2 is 1.19 bits per heavy atom. The molecule has 0 N–H and O–H groups in total. The van der Waals surface area contributed by atoms with Crippen LogP contribution in [-0.2, 0) is 0 Å². The van der Waals surface area contributed by atoms with Crippen LogP contribution in [0.1, 0.15) is 23.2 Å². The minimum atomic E-state index is 0.166. The molecule has 0 spiro atoms. The second-order valence-electron chi connectivity index (χ2n) is 4.02. The molecule has 0 aromatic heterocycles. The maximum Gasteiger partial charge on any atom is 0.0797 e. The van der Waals surface area contributed by atoms with Gasteiger partial charge in [-0.2, -0.15) is 0 Å². The Kier molecular flexibility index (Phi) is 2.47. The van der Waals surface area contributed by atoms with Crippen molar-refractivity contribution in [3.63, 3.8) is 0 Å². The molecule has 2 unspecified atom stereocenters. The van der Waals surface area contributed by atoms with Crippen LogP contribution in [0.3, 0.4) is 0 Å². The number of hydrogen-bond donors (Lipinski definition) is 0. The average Bonchev–Trinajstić information content (AvgIpc) is 2.77. The molecule has 2 aliphatic heterocycles. The predicted octanol–water partition coefficient (Wildman–Crippen LogP) is 4.90. The highest BCUT2D eigenvalue weighted by Gasteiger charge is 2.42. The Morgan fingerprint density at radius 3 is 1.56 bits per heavy atom. The minimum Gasteiger partial charge on any atom is -0.285 e. The summed E-state index contributed by atoms with van der Waals surface area (Å²) in [5.74, 6) is 0. The molecule has 1 aromatic carbocycles. The first-order chi connectivity index (χ1) is 7.54. The third-order valence-corrected chi connectivity index (χ3v) is 5.12. The summed E-state index contributed by atoms with van der Waals surface area (Å²) in [4.78, 5) is 2.19. The third-order valence-electron chi connectivity index (χ3n) is 3.29. The molecule has 0 saturated carbocycles. The summed E-state index contributed by atoms with van der Waals surface area (Å²) in [5.41, 5.74) is 1.99. The molecule has 2 aliphatic rings. The van der Waals surface area contributed by atoms with Gasteiger partial charge in [0, 0.05) is 0 Å². The van der Waals surface area contributed by atoms with E-state index in [0.717, 1.165) is 11.1 Å². The molecule has 2 heterocycles. The maximum atomic E-state index is 6.24. The quantitative estimate of drug-likeness (QED) is 0.374. The highest BCUT2D eigenvalue weighted by Crippen LogP contribution is 2.56. The topological polar surface area (TPSA) is 3.24 Å². The molecule has 16 heavy (non-hydrogen) atoms. The highest BCUT2D eigenvalue weighted by atomic mass is 35.5. The molecular formula is C11H7Cl4N. The monoisotopic (exact) mass is 293 g/mol. The van der Waals surface area contributed by atoms with Crippen molar-refractivity contribution in [3.8, 4) is 0 Å².